The van der Waals surface area contributed by atoms with Crippen molar-refractivity contribution in [1.29, 1.82) is 0 Å². The Balaban J connectivity index is 3.09. The molecule has 0 aliphatic rings. The minimum absolute atomic E-state index is 0.263. The molecule has 0 aliphatic heterocycles. The van der Waals surface area contributed by atoms with E-state index in [1.807, 2.05) is 0 Å². The van der Waals surface area contributed by atoms with Crippen LogP contribution in [0.4, 0.5) is 4.39 Å². The smallest absolute Gasteiger partial charge is 0.124 e. The summed E-state index contributed by atoms with van der Waals surface area (Å²) in [6.07, 6.45) is 0. The maximum atomic E-state index is 12.5. The Morgan fingerprint density at radius 1 is 1.55 bits per heavy atom. The molecule has 3 heteroatoms. The fourth-order valence-electron chi connectivity index (χ4n) is 0.970. The van der Waals surface area contributed by atoms with Gasteiger partial charge in [0.15, 0.2) is 0 Å². The van der Waals surface area contributed by atoms with Gasteiger partial charge in [0.05, 0.1) is 0 Å². The highest BCUT2D eigenvalue weighted by molar-refractivity contribution is 6.32. The van der Waals surface area contributed by atoms with E-state index < -0.39 is 0 Å². The van der Waals surface area contributed by atoms with Crippen molar-refractivity contribution in [2.75, 3.05) is 0 Å². The van der Waals surface area contributed by atoms with Crippen LogP contribution in [0.25, 0.3) is 0 Å². The second-order valence-corrected chi connectivity index (χ2v) is 4.96. The van der Waals surface area contributed by atoms with E-state index in [1.165, 1.54) is 12.1 Å². The zero-order valence-corrected chi connectivity index (χ0v) is 9.32. The molecule has 0 saturated heterocycles. The standard InChI is InChI=1S/C8H10ClFSi/c1-5(11)7-3-2-6(10)4-8(7)9/h2-5H,1,11H3. The number of rotatable bonds is 1. The first-order chi connectivity index (χ1) is 5.11. The van der Waals surface area contributed by atoms with E-state index in [1.54, 1.807) is 6.07 Å². The molecular formula is C8H10ClFSi. The van der Waals surface area contributed by atoms with Gasteiger partial charge in [0.2, 0.25) is 0 Å². The summed E-state index contributed by atoms with van der Waals surface area (Å²) in [5.74, 6) is -0.263. The lowest BCUT2D eigenvalue weighted by Gasteiger charge is -2.06. The molecule has 0 amide bonds. The topological polar surface area (TPSA) is 0 Å². The van der Waals surface area contributed by atoms with Crippen molar-refractivity contribution in [3.05, 3.63) is 34.6 Å². The van der Waals surface area contributed by atoms with Crippen LogP contribution in [-0.2, 0) is 0 Å². The van der Waals surface area contributed by atoms with Crippen LogP contribution in [0.3, 0.4) is 0 Å². The molecule has 0 nitrogen and oxygen atoms in total. The van der Waals surface area contributed by atoms with Crippen molar-refractivity contribution in [3.63, 3.8) is 0 Å². The predicted molar refractivity (Wildman–Crippen MR) is 49.8 cm³/mol. The summed E-state index contributed by atoms with van der Waals surface area (Å²) >= 11 is 5.81. The number of halogens is 2. The van der Waals surface area contributed by atoms with Crippen molar-refractivity contribution in [1.82, 2.24) is 0 Å². The van der Waals surface area contributed by atoms with E-state index >= 15 is 0 Å². The second-order valence-electron chi connectivity index (χ2n) is 2.82. The van der Waals surface area contributed by atoms with E-state index in [4.69, 9.17) is 11.6 Å². The minimum Gasteiger partial charge on any atom is -0.207 e. The maximum absolute atomic E-state index is 12.5. The highest BCUT2D eigenvalue weighted by Gasteiger charge is 2.04. The van der Waals surface area contributed by atoms with Crippen LogP contribution in [-0.4, -0.2) is 10.2 Å². The van der Waals surface area contributed by atoms with E-state index in [0.717, 1.165) is 15.8 Å². The first-order valence-corrected chi connectivity index (χ1v) is 5.09. The van der Waals surface area contributed by atoms with Crippen LogP contribution in [0.5, 0.6) is 0 Å². The Morgan fingerprint density at radius 3 is 2.64 bits per heavy atom. The van der Waals surface area contributed by atoms with Crippen LogP contribution in [0.1, 0.15) is 18.0 Å². The predicted octanol–water partition coefficient (Wildman–Crippen LogP) is 1.91. The SMILES string of the molecule is CC([SiH3])c1ccc(F)cc1Cl. The molecule has 0 aliphatic carbocycles. The van der Waals surface area contributed by atoms with Crippen LogP contribution < -0.4 is 0 Å². The minimum atomic E-state index is -0.263. The Hall–Kier alpha value is -0.343. The molecule has 0 heterocycles. The molecule has 0 fully saturated rings. The third-order valence-corrected chi connectivity index (χ3v) is 2.53. The fraction of sp³-hybridized carbons (Fsp3) is 0.250. The van der Waals surface area contributed by atoms with Crippen LogP contribution in [0.15, 0.2) is 18.2 Å². The molecule has 0 saturated carbocycles. The molecule has 1 unspecified atom stereocenters. The summed E-state index contributed by atoms with van der Waals surface area (Å²) in [4.78, 5) is 0. The zero-order chi connectivity index (χ0) is 8.43. The number of hydrogen-bond acceptors (Lipinski definition) is 0. The molecule has 0 radical (unpaired) electrons. The van der Waals surface area contributed by atoms with Gasteiger partial charge >= 0.3 is 0 Å². The summed E-state index contributed by atoms with van der Waals surface area (Å²) in [5.41, 5.74) is 1.54. The zero-order valence-electron chi connectivity index (χ0n) is 6.57. The van der Waals surface area contributed by atoms with Gasteiger partial charge in [0, 0.05) is 15.3 Å². The Morgan fingerprint density at radius 2 is 2.18 bits per heavy atom. The van der Waals surface area contributed by atoms with E-state index in [0.29, 0.717) is 10.6 Å². The average molecular weight is 189 g/mol. The van der Waals surface area contributed by atoms with Crippen molar-refractivity contribution in [2.24, 2.45) is 0 Å². The quantitative estimate of drug-likeness (QED) is 0.591. The lowest BCUT2D eigenvalue weighted by molar-refractivity contribution is 0.627. The van der Waals surface area contributed by atoms with Gasteiger partial charge < -0.3 is 0 Å². The molecule has 1 atom stereocenters. The van der Waals surface area contributed by atoms with Crippen molar-refractivity contribution in [3.8, 4) is 0 Å². The Labute approximate surface area is 73.8 Å². The number of hydrogen-bond donors (Lipinski definition) is 0. The normalized spacial score (nSPS) is 13.4. The van der Waals surface area contributed by atoms with Gasteiger partial charge in [-0.25, -0.2) is 4.39 Å². The molecule has 0 aromatic heterocycles. The average Bonchev–Trinajstić information content (AvgIpc) is 1.85. The lowest BCUT2D eigenvalue weighted by Crippen LogP contribution is -1.93. The first kappa shape index (κ1) is 8.75. The van der Waals surface area contributed by atoms with Gasteiger partial charge in [-0.15, -0.1) is 0 Å². The Bertz CT molecular complexity index is 260. The lowest BCUT2D eigenvalue weighted by atomic mass is 10.1. The highest BCUT2D eigenvalue weighted by atomic mass is 35.5. The van der Waals surface area contributed by atoms with Gasteiger partial charge in [0.1, 0.15) is 5.82 Å². The molecule has 11 heavy (non-hydrogen) atoms. The molecule has 0 bridgehead atoms. The second kappa shape index (κ2) is 3.37. The van der Waals surface area contributed by atoms with Gasteiger partial charge in [-0.05, 0) is 23.2 Å². The van der Waals surface area contributed by atoms with Crippen LogP contribution in [0, 0.1) is 5.82 Å². The van der Waals surface area contributed by atoms with E-state index in [-0.39, 0.29) is 5.82 Å². The summed E-state index contributed by atoms with van der Waals surface area (Å²) < 4.78 is 12.5. The van der Waals surface area contributed by atoms with Gasteiger partial charge in [-0.2, -0.15) is 0 Å². The van der Waals surface area contributed by atoms with E-state index in [2.05, 4.69) is 6.92 Å². The molecular weight excluding hydrogens is 179 g/mol. The monoisotopic (exact) mass is 188 g/mol. The summed E-state index contributed by atoms with van der Waals surface area (Å²) in [6.45, 7) is 2.09. The molecule has 1 aromatic rings. The molecule has 0 spiro atoms. The Kier molecular flexibility index (Phi) is 2.68. The van der Waals surface area contributed by atoms with Crippen LogP contribution >= 0.6 is 11.6 Å². The molecule has 1 rings (SSSR count). The highest BCUT2D eigenvalue weighted by Crippen LogP contribution is 2.22. The molecule has 1 aromatic carbocycles. The third-order valence-electron chi connectivity index (χ3n) is 1.58. The molecule has 0 N–H and O–H groups in total. The summed E-state index contributed by atoms with van der Waals surface area (Å²) in [5, 5.41) is 0.549. The maximum Gasteiger partial charge on any atom is 0.124 e. The van der Waals surface area contributed by atoms with Gasteiger partial charge in [0.25, 0.3) is 0 Å². The number of benzene rings is 1. The van der Waals surface area contributed by atoms with Crippen molar-refractivity contribution in [2.45, 2.75) is 12.5 Å². The van der Waals surface area contributed by atoms with E-state index in [9.17, 15) is 4.39 Å². The third kappa shape index (κ3) is 2.04. The first-order valence-electron chi connectivity index (χ1n) is 3.56. The summed E-state index contributed by atoms with van der Waals surface area (Å²) in [7, 11) is 1.05. The molecule has 60 valence electrons. The van der Waals surface area contributed by atoms with Crippen LogP contribution in [0.2, 0.25) is 5.02 Å². The summed E-state index contributed by atoms with van der Waals surface area (Å²) in [6, 6.07) is 4.58. The van der Waals surface area contributed by atoms with Gasteiger partial charge in [-0.3, -0.25) is 0 Å². The van der Waals surface area contributed by atoms with Crippen molar-refractivity contribution < 1.29 is 4.39 Å². The van der Waals surface area contributed by atoms with Gasteiger partial charge in [-0.1, -0.05) is 24.6 Å². The van der Waals surface area contributed by atoms with Crippen molar-refractivity contribution >= 4 is 21.8 Å². The largest absolute Gasteiger partial charge is 0.207 e. The fourth-order valence-corrected chi connectivity index (χ4v) is 2.04.